The number of nitrogens with two attached hydrogens (primary N) is 1. The van der Waals surface area contributed by atoms with Crippen LogP contribution in [0.4, 0.5) is 0 Å². The minimum Gasteiger partial charge on any atom is -0.467 e. The van der Waals surface area contributed by atoms with E-state index < -0.39 is 12.0 Å². The van der Waals surface area contributed by atoms with Crippen molar-refractivity contribution < 1.29 is 14.3 Å². The Labute approximate surface area is 103 Å². The third-order valence-electron chi connectivity index (χ3n) is 3.01. The van der Waals surface area contributed by atoms with Crippen LogP contribution >= 0.6 is 0 Å². The molecular formula is C12H24N2O3. The van der Waals surface area contributed by atoms with E-state index in [-0.39, 0.29) is 17.7 Å². The van der Waals surface area contributed by atoms with Crippen molar-refractivity contribution in [1.82, 2.24) is 5.32 Å². The fourth-order valence-corrected chi connectivity index (χ4v) is 1.47. The normalized spacial score (nSPS) is 15.8. The molecule has 0 aromatic heterocycles. The van der Waals surface area contributed by atoms with E-state index in [9.17, 15) is 9.59 Å². The molecule has 100 valence electrons. The zero-order valence-corrected chi connectivity index (χ0v) is 11.2. The Morgan fingerprint density at radius 3 is 2.35 bits per heavy atom. The SMILES string of the molecule is CCC(C)C(NC(=O)C(C)CCN)C(=O)OC. The van der Waals surface area contributed by atoms with Crippen molar-refractivity contribution in [1.29, 1.82) is 0 Å². The first kappa shape index (κ1) is 15.9. The maximum absolute atomic E-state index is 11.8. The second-order valence-corrected chi connectivity index (χ2v) is 4.37. The molecule has 3 unspecified atom stereocenters. The summed E-state index contributed by atoms with van der Waals surface area (Å²) in [6.45, 7) is 6.14. The lowest BCUT2D eigenvalue weighted by Gasteiger charge is -2.23. The summed E-state index contributed by atoms with van der Waals surface area (Å²) in [7, 11) is 1.33. The standard InChI is InChI=1S/C12H24N2O3/c1-5-8(2)10(12(16)17-4)14-11(15)9(3)6-7-13/h8-10H,5-7,13H2,1-4H3,(H,14,15). The van der Waals surface area contributed by atoms with Crippen LogP contribution in [0.25, 0.3) is 0 Å². The number of hydrogen-bond acceptors (Lipinski definition) is 4. The predicted molar refractivity (Wildman–Crippen MR) is 66.2 cm³/mol. The molecule has 0 aromatic rings. The lowest BCUT2D eigenvalue weighted by Crippen LogP contribution is -2.47. The van der Waals surface area contributed by atoms with Gasteiger partial charge >= 0.3 is 5.97 Å². The lowest BCUT2D eigenvalue weighted by molar-refractivity contribution is -0.147. The summed E-state index contributed by atoms with van der Waals surface area (Å²) in [5, 5.41) is 2.73. The maximum Gasteiger partial charge on any atom is 0.328 e. The van der Waals surface area contributed by atoms with Gasteiger partial charge in [0, 0.05) is 5.92 Å². The third kappa shape index (κ3) is 5.17. The highest BCUT2D eigenvalue weighted by Crippen LogP contribution is 2.11. The topological polar surface area (TPSA) is 81.4 Å². The number of esters is 1. The van der Waals surface area contributed by atoms with Crippen LogP contribution in [0.1, 0.15) is 33.6 Å². The number of nitrogens with one attached hydrogen (secondary N) is 1. The number of ether oxygens (including phenoxy) is 1. The van der Waals surface area contributed by atoms with Gasteiger partial charge in [0.25, 0.3) is 0 Å². The molecule has 0 aliphatic heterocycles. The van der Waals surface area contributed by atoms with Crippen molar-refractivity contribution in [3.63, 3.8) is 0 Å². The van der Waals surface area contributed by atoms with E-state index >= 15 is 0 Å². The van der Waals surface area contributed by atoms with Crippen molar-refractivity contribution in [2.45, 2.75) is 39.7 Å². The first-order valence-electron chi connectivity index (χ1n) is 6.06. The minimum atomic E-state index is -0.572. The quantitative estimate of drug-likeness (QED) is 0.645. The molecule has 0 aromatic carbocycles. The summed E-state index contributed by atoms with van der Waals surface area (Å²) in [6, 6.07) is -0.572. The smallest absolute Gasteiger partial charge is 0.328 e. The first-order valence-corrected chi connectivity index (χ1v) is 6.06. The van der Waals surface area contributed by atoms with Crippen LogP contribution in [-0.4, -0.2) is 31.6 Å². The van der Waals surface area contributed by atoms with Crippen molar-refractivity contribution >= 4 is 11.9 Å². The molecular weight excluding hydrogens is 220 g/mol. The van der Waals surface area contributed by atoms with Gasteiger partial charge in [-0.05, 0) is 18.9 Å². The van der Waals surface area contributed by atoms with Crippen molar-refractivity contribution in [2.24, 2.45) is 17.6 Å². The number of rotatable bonds is 7. The summed E-state index contributed by atoms with van der Waals surface area (Å²) in [6.07, 6.45) is 1.41. The van der Waals surface area contributed by atoms with E-state index in [0.29, 0.717) is 13.0 Å². The van der Waals surface area contributed by atoms with Gasteiger partial charge < -0.3 is 15.8 Å². The summed E-state index contributed by atoms with van der Waals surface area (Å²) in [5.74, 6) is -0.675. The molecule has 1 amide bonds. The van der Waals surface area contributed by atoms with Crippen molar-refractivity contribution in [3.05, 3.63) is 0 Å². The Balaban J connectivity index is 4.53. The average molecular weight is 244 g/mol. The van der Waals surface area contributed by atoms with Crippen LogP contribution in [0, 0.1) is 11.8 Å². The summed E-state index contributed by atoms with van der Waals surface area (Å²) in [4.78, 5) is 23.4. The van der Waals surface area contributed by atoms with Crippen LogP contribution in [0.2, 0.25) is 0 Å². The zero-order chi connectivity index (χ0) is 13.4. The Kier molecular flexibility index (Phi) is 7.54. The number of amides is 1. The van der Waals surface area contributed by atoms with Gasteiger partial charge in [-0.2, -0.15) is 0 Å². The van der Waals surface area contributed by atoms with Gasteiger partial charge in [-0.15, -0.1) is 0 Å². The predicted octanol–water partition coefficient (Wildman–Crippen LogP) is 0.675. The molecule has 0 aliphatic rings. The molecule has 0 rings (SSSR count). The number of carbonyl (C=O) groups is 2. The fraction of sp³-hybridized carbons (Fsp3) is 0.833. The van der Waals surface area contributed by atoms with Crippen LogP contribution in [0.3, 0.4) is 0 Å². The molecule has 0 spiro atoms. The summed E-state index contributed by atoms with van der Waals surface area (Å²) < 4.78 is 4.70. The molecule has 5 heteroatoms. The van der Waals surface area contributed by atoms with Crippen LogP contribution in [-0.2, 0) is 14.3 Å². The molecule has 3 N–H and O–H groups in total. The van der Waals surface area contributed by atoms with Gasteiger partial charge in [-0.3, -0.25) is 4.79 Å². The van der Waals surface area contributed by atoms with Crippen LogP contribution < -0.4 is 11.1 Å². The van der Waals surface area contributed by atoms with E-state index in [4.69, 9.17) is 10.5 Å². The van der Waals surface area contributed by atoms with Crippen molar-refractivity contribution in [2.75, 3.05) is 13.7 Å². The molecule has 3 atom stereocenters. The van der Waals surface area contributed by atoms with Gasteiger partial charge in [0.1, 0.15) is 6.04 Å². The number of methoxy groups -OCH3 is 1. The van der Waals surface area contributed by atoms with E-state index in [1.54, 1.807) is 6.92 Å². The molecule has 0 saturated heterocycles. The van der Waals surface area contributed by atoms with E-state index in [1.807, 2.05) is 13.8 Å². The summed E-state index contributed by atoms with van der Waals surface area (Å²) in [5.41, 5.74) is 5.40. The van der Waals surface area contributed by atoms with Gasteiger partial charge in [-0.25, -0.2) is 4.79 Å². The Bertz CT molecular complexity index is 256. The molecule has 0 aliphatic carbocycles. The van der Waals surface area contributed by atoms with Crippen LogP contribution in [0.5, 0.6) is 0 Å². The summed E-state index contributed by atoms with van der Waals surface area (Å²) >= 11 is 0. The fourth-order valence-electron chi connectivity index (χ4n) is 1.47. The highest BCUT2D eigenvalue weighted by Gasteiger charge is 2.27. The molecule has 0 saturated carbocycles. The van der Waals surface area contributed by atoms with Crippen molar-refractivity contribution in [3.8, 4) is 0 Å². The monoisotopic (exact) mass is 244 g/mol. The second kappa shape index (κ2) is 8.06. The lowest BCUT2D eigenvalue weighted by atomic mass is 9.98. The number of carbonyl (C=O) groups excluding carboxylic acids is 2. The van der Waals surface area contributed by atoms with Gasteiger partial charge in [0.05, 0.1) is 7.11 Å². The number of hydrogen-bond donors (Lipinski definition) is 2. The molecule has 0 bridgehead atoms. The van der Waals surface area contributed by atoms with Crippen LogP contribution in [0.15, 0.2) is 0 Å². The Morgan fingerprint density at radius 2 is 1.94 bits per heavy atom. The third-order valence-corrected chi connectivity index (χ3v) is 3.01. The Hall–Kier alpha value is -1.10. The van der Waals surface area contributed by atoms with E-state index in [0.717, 1.165) is 6.42 Å². The molecule has 0 radical (unpaired) electrons. The van der Waals surface area contributed by atoms with Gasteiger partial charge in [0.15, 0.2) is 0 Å². The molecule has 5 nitrogen and oxygen atoms in total. The first-order chi connectivity index (χ1) is 7.97. The molecule has 0 fully saturated rings. The average Bonchev–Trinajstić information content (AvgIpc) is 2.33. The van der Waals surface area contributed by atoms with E-state index in [1.165, 1.54) is 7.11 Å². The van der Waals surface area contributed by atoms with Gasteiger partial charge in [0.2, 0.25) is 5.91 Å². The molecule has 17 heavy (non-hydrogen) atoms. The van der Waals surface area contributed by atoms with Gasteiger partial charge in [-0.1, -0.05) is 27.2 Å². The highest BCUT2D eigenvalue weighted by molar-refractivity contribution is 5.85. The zero-order valence-electron chi connectivity index (χ0n) is 11.2. The largest absolute Gasteiger partial charge is 0.467 e. The Morgan fingerprint density at radius 1 is 1.35 bits per heavy atom. The maximum atomic E-state index is 11.8. The highest BCUT2D eigenvalue weighted by atomic mass is 16.5. The molecule has 0 heterocycles. The van der Waals surface area contributed by atoms with E-state index in [2.05, 4.69) is 5.32 Å². The minimum absolute atomic E-state index is 0.0523. The second-order valence-electron chi connectivity index (χ2n) is 4.37.